The van der Waals surface area contributed by atoms with Crippen molar-refractivity contribution in [3.63, 3.8) is 0 Å². The van der Waals surface area contributed by atoms with Crippen molar-refractivity contribution in [3.8, 4) is 0 Å². The van der Waals surface area contributed by atoms with Gasteiger partial charge in [0.05, 0.1) is 0 Å². The summed E-state index contributed by atoms with van der Waals surface area (Å²) in [6.07, 6.45) is 0.935. The first-order valence-electron chi connectivity index (χ1n) is 5.44. The third-order valence-corrected chi connectivity index (χ3v) is 2.61. The van der Waals surface area contributed by atoms with Crippen LogP contribution in [0.4, 0.5) is 4.39 Å². The maximum absolute atomic E-state index is 13.4. The van der Waals surface area contributed by atoms with Gasteiger partial charge in [0.2, 0.25) is 0 Å². The van der Waals surface area contributed by atoms with E-state index in [1.807, 2.05) is 12.1 Å². The molecule has 0 saturated carbocycles. The fraction of sp³-hybridized carbons (Fsp3) is 0.538. The summed E-state index contributed by atoms with van der Waals surface area (Å²) in [5.41, 5.74) is 8.47. The smallest absolute Gasteiger partial charge is 0.129 e. The molecular weight excluding hydrogens is 189 g/mol. The molecule has 0 aliphatic rings. The molecule has 0 bridgehead atoms. The van der Waals surface area contributed by atoms with Crippen LogP contribution in [0.5, 0.6) is 0 Å². The number of benzene rings is 1. The largest absolute Gasteiger partial charge is 0.324 e. The molecule has 84 valence electrons. The molecule has 0 radical (unpaired) electrons. The van der Waals surface area contributed by atoms with Crippen LogP contribution in [-0.4, -0.2) is 0 Å². The highest BCUT2D eigenvalue weighted by atomic mass is 19.1. The van der Waals surface area contributed by atoms with Gasteiger partial charge in [0.25, 0.3) is 0 Å². The van der Waals surface area contributed by atoms with Crippen molar-refractivity contribution in [2.75, 3.05) is 0 Å². The van der Waals surface area contributed by atoms with E-state index >= 15 is 0 Å². The van der Waals surface area contributed by atoms with Crippen LogP contribution >= 0.6 is 0 Å². The van der Waals surface area contributed by atoms with E-state index < -0.39 is 0 Å². The van der Waals surface area contributed by atoms with E-state index in [-0.39, 0.29) is 11.9 Å². The minimum absolute atomic E-state index is 0.0167. The van der Waals surface area contributed by atoms with Crippen LogP contribution in [0.3, 0.4) is 0 Å². The molecule has 0 amide bonds. The molecule has 15 heavy (non-hydrogen) atoms. The minimum atomic E-state index is -0.115. The van der Waals surface area contributed by atoms with Crippen molar-refractivity contribution in [2.24, 2.45) is 11.7 Å². The van der Waals surface area contributed by atoms with Gasteiger partial charge in [-0.1, -0.05) is 26.0 Å². The van der Waals surface area contributed by atoms with E-state index in [1.165, 1.54) is 0 Å². The molecule has 1 aromatic rings. The number of halogens is 1. The summed E-state index contributed by atoms with van der Waals surface area (Å²) >= 11 is 0. The molecule has 0 aliphatic carbocycles. The van der Waals surface area contributed by atoms with Crippen LogP contribution in [0.2, 0.25) is 0 Å². The van der Waals surface area contributed by atoms with E-state index in [0.717, 1.165) is 12.0 Å². The van der Waals surface area contributed by atoms with Crippen molar-refractivity contribution >= 4 is 0 Å². The fourth-order valence-electron chi connectivity index (χ4n) is 1.84. The number of aryl methyl sites for hydroxylation is 2. The van der Waals surface area contributed by atoms with Crippen LogP contribution in [0, 0.1) is 25.6 Å². The average Bonchev–Trinajstić information content (AvgIpc) is 2.12. The molecule has 0 spiro atoms. The number of rotatable bonds is 3. The second-order valence-corrected chi connectivity index (χ2v) is 4.70. The number of hydrogen-bond acceptors (Lipinski definition) is 1. The molecular formula is C13H20FN. The molecule has 0 aliphatic heterocycles. The van der Waals surface area contributed by atoms with Gasteiger partial charge < -0.3 is 5.73 Å². The van der Waals surface area contributed by atoms with Crippen molar-refractivity contribution in [1.29, 1.82) is 0 Å². The molecule has 1 aromatic carbocycles. The lowest BCUT2D eigenvalue weighted by atomic mass is 9.95. The monoisotopic (exact) mass is 209 g/mol. The molecule has 0 fully saturated rings. The summed E-state index contributed by atoms with van der Waals surface area (Å²) in [5, 5.41) is 0. The van der Waals surface area contributed by atoms with Gasteiger partial charge >= 0.3 is 0 Å². The van der Waals surface area contributed by atoms with E-state index in [0.29, 0.717) is 17.0 Å². The molecule has 2 heteroatoms. The first-order valence-corrected chi connectivity index (χ1v) is 5.44. The molecule has 1 rings (SSSR count). The standard InChI is InChI=1S/C13H20FN/c1-8(2)5-12(15)11-6-9(3)13(14)10(4)7-11/h6-8,12H,5,15H2,1-4H3. The minimum Gasteiger partial charge on any atom is -0.324 e. The Balaban J connectivity index is 2.95. The lowest BCUT2D eigenvalue weighted by Crippen LogP contribution is -2.13. The van der Waals surface area contributed by atoms with Gasteiger partial charge in [-0.25, -0.2) is 4.39 Å². The van der Waals surface area contributed by atoms with Gasteiger partial charge in [0.15, 0.2) is 0 Å². The van der Waals surface area contributed by atoms with Gasteiger partial charge in [-0.05, 0) is 42.9 Å². The third-order valence-electron chi connectivity index (χ3n) is 2.61. The maximum Gasteiger partial charge on any atom is 0.129 e. The van der Waals surface area contributed by atoms with Crippen LogP contribution in [-0.2, 0) is 0 Å². The van der Waals surface area contributed by atoms with Crippen LogP contribution in [0.25, 0.3) is 0 Å². The summed E-state index contributed by atoms with van der Waals surface area (Å²) < 4.78 is 13.4. The zero-order chi connectivity index (χ0) is 11.6. The van der Waals surface area contributed by atoms with Gasteiger partial charge in [-0.3, -0.25) is 0 Å². The summed E-state index contributed by atoms with van der Waals surface area (Å²) in [4.78, 5) is 0. The van der Waals surface area contributed by atoms with E-state index in [9.17, 15) is 4.39 Å². The van der Waals surface area contributed by atoms with Crippen molar-refractivity contribution in [2.45, 2.75) is 40.2 Å². The van der Waals surface area contributed by atoms with Gasteiger partial charge in [-0.15, -0.1) is 0 Å². The Bertz CT molecular complexity index is 321. The first-order chi connectivity index (χ1) is 6.91. The Labute approximate surface area is 91.5 Å². The second kappa shape index (κ2) is 4.75. The predicted octanol–water partition coefficient (Wildman–Crippen LogP) is 3.49. The average molecular weight is 209 g/mol. The summed E-state index contributed by atoms with van der Waals surface area (Å²) in [6, 6.07) is 3.73. The highest BCUT2D eigenvalue weighted by Crippen LogP contribution is 2.23. The number of hydrogen-bond donors (Lipinski definition) is 1. The van der Waals surface area contributed by atoms with Crippen molar-refractivity contribution in [1.82, 2.24) is 0 Å². The second-order valence-electron chi connectivity index (χ2n) is 4.70. The zero-order valence-electron chi connectivity index (χ0n) is 9.97. The molecule has 1 unspecified atom stereocenters. The number of nitrogens with two attached hydrogens (primary N) is 1. The normalized spacial score (nSPS) is 13.3. The Morgan fingerprint density at radius 1 is 1.20 bits per heavy atom. The Morgan fingerprint density at radius 2 is 1.67 bits per heavy atom. The van der Waals surface area contributed by atoms with Crippen LogP contribution < -0.4 is 5.73 Å². The predicted molar refractivity (Wildman–Crippen MR) is 62.3 cm³/mol. The van der Waals surface area contributed by atoms with Gasteiger partial charge in [-0.2, -0.15) is 0 Å². The molecule has 0 heterocycles. The summed E-state index contributed by atoms with van der Waals surface area (Å²) in [7, 11) is 0. The highest BCUT2D eigenvalue weighted by molar-refractivity contribution is 5.32. The van der Waals surface area contributed by atoms with Gasteiger partial charge in [0, 0.05) is 6.04 Å². The molecule has 0 saturated heterocycles. The Kier molecular flexibility index (Phi) is 3.86. The molecule has 0 aromatic heterocycles. The Hall–Kier alpha value is -0.890. The summed E-state index contributed by atoms with van der Waals surface area (Å²) in [5.74, 6) is 0.446. The molecule has 1 atom stereocenters. The quantitative estimate of drug-likeness (QED) is 0.810. The molecule has 1 nitrogen and oxygen atoms in total. The van der Waals surface area contributed by atoms with Crippen molar-refractivity contribution < 1.29 is 4.39 Å². The zero-order valence-corrected chi connectivity index (χ0v) is 9.97. The molecule has 2 N–H and O–H groups in total. The SMILES string of the molecule is Cc1cc(C(N)CC(C)C)cc(C)c1F. The van der Waals surface area contributed by atoms with E-state index in [1.54, 1.807) is 13.8 Å². The van der Waals surface area contributed by atoms with Crippen LogP contribution in [0.15, 0.2) is 12.1 Å². The lowest BCUT2D eigenvalue weighted by Gasteiger charge is -2.16. The van der Waals surface area contributed by atoms with Crippen molar-refractivity contribution in [3.05, 3.63) is 34.6 Å². The third kappa shape index (κ3) is 3.03. The first kappa shape index (κ1) is 12.2. The maximum atomic E-state index is 13.4. The van der Waals surface area contributed by atoms with Crippen LogP contribution in [0.1, 0.15) is 43.0 Å². The highest BCUT2D eigenvalue weighted by Gasteiger charge is 2.11. The summed E-state index contributed by atoms with van der Waals surface area (Å²) in [6.45, 7) is 7.86. The van der Waals surface area contributed by atoms with E-state index in [2.05, 4.69) is 13.8 Å². The Morgan fingerprint density at radius 3 is 2.07 bits per heavy atom. The lowest BCUT2D eigenvalue weighted by molar-refractivity contribution is 0.508. The topological polar surface area (TPSA) is 26.0 Å². The fourth-order valence-corrected chi connectivity index (χ4v) is 1.84. The van der Waals surface area contributed by atoms with E-state index in [4.69, 9.17) is 5.73 Å². The van der Waals surface area contributed by atoms with Gasteiger partial charge in [0.1, 0.15) is 5.82 Å².